The van der Waals surface area contributed by atoms with Crippen LogP contribution in [0, 0.1) is 5.82 Å². The Morgan fingerprint density at radius 1 is 1.29 bits per heavy atom. The Labute approximate surface area is 205 Å². The van der Waals surface area contributed by atoms with Crippen molar-refractivity contribution in [3.8, 4) is 11.1 Å². The van der Waals surface area contributed by atoms with Crippen molar-refractivity contribution >= 4 is 34.1 Å². The highest BCUT2D eigenvalue weighted by Crippen LogP contribution is 2.35. The lowest BCUT2D eigenvalue weighted by atomic mass is 10.0. The molecule has 180 valence electrons. The predicted molar refractivity (Wildman–Crippen MR) is 134 cm³/mol. The molecule has 8 nitrogen and oxygen atoms in total. The molecule has 0 saturated carbocycles. The molecule has 0 radical (unpaired) electrons. The number of pyridine rings is 1. The number of halogens is 1. The van der Waals surface area contributed by atoms with Gasteiger partial charge in [0.25, 0.3) is 5.91 Å². The highest BCUT2D eigenvalue weighted by molar-refractivity contribution is 7.13. The summed E-state index contributed by atoms with van der Waals surface area (Å²) in [7, 11) is 0. The maximum absolute atomic E-state index is 15.1. The van der Waals surface area contributed by atoms with Crippen LogP contribution in [0.25, 0.3) is 22.2 Å². The lowest BCUT2D eigenvalue weighted by Crippen LogP contribution is -2.26. The van der Waals surface area contributed by atoms with Crippen LogP contribution in [0.1, 0.15) is 45.2 Å². The third kappa shape index (κ3) is 4.17. The predicted octanol–water partition coefficient (Wildman–Crippen LogP) is 3.57. The van der Waals surface area contributed by atoms with E-state index in [0.29, 0.717) is 16.2 Å². The standard InChI is InChI=1S/C25H26FN7OS/c26-18-11-14(17-7-9-28-22-21(17)23(32-31-22)33-10-8-16(27)13-33)5-6-15(18)12-29-24(34)25-30-19-3-1-2-4-20(19)35-25/h5-7,9,11,16H,1-4,8,10,12-13,27H2,(H,29,34)(H,28,31,32). The fourth-order valence-electron chi connectivity index (χ4n) is 4.94. The summed E-state index contributed by atoms with van der Waals surface area (Å²) in [4.78, 5) is 24.9. The molecule has 0 bridgehead atoms. The zero-order chi connectivity index (χ0) is 23.9. The van der Waals surface area contributed by atoms with Gasteiger partial charge in [0.1, 0.15) is 5.82 Å². The summed E-state index contributed by atoms with van der Waals surface area (Å²) >= 11 is 1.45. The first kappa shape index (κ1) is 22.1. The Bertz CT molecular complexity index is 1390. The Morgan fingerprint density at radius 2 is 2.17 bits per heavy atom. The van der Waals surface area contributed by atoms with Gasteiger partial charge < -0.3 is 16.0 Å². The molecule has 3 aromatic heterocycles. The molecule has 10 heteroatoms. The van der Waals surface area contributed by atoms with Gasteiger partial charge in [0.2, 0.25) is 0 Å². The number of nitrogens with zero attached hydrogens (tertiary/aromatic N) is 4. The maximum atomic E-state index is 15.1. The summed E-state index contributed by atoms with van der Waals surface area (Å²) in [5.41, 5.74) is 9.79. The summed E-state index contributed by atoms with van der Waals surface area (Å²) in [6.45, 7) is 1.65. The van der Waals surface area contributed by atoms with Crippen molar-refractivity contribution in [1.29, 1.82) is 0 Å². The van der Waals surface area contributed by atoms with Crippen molar-refractivity contribution in [2.24, 2.45) is 5.73 Å². The number of nitrogens with two attached hydrogens (primary N) is 1. The fourth-order valence-corrected chi connectivity index (χ4v) is 6.01. The van der Waals surface area contributed by atoms with Crippen molar-refractivity contribution in [1.82, 2.24) is 25.5 Å². The lowest BCUT2D eigenvalue weighted by molar-refractivity contribution is 0.0950. The third-order valence-electron chi connectivity index (χ3n) is 6.81. The number of carbonyl (C=O) groups excluding carboxylic acids is 1. The van der Waals surface area contributed by atoms with Crippen LogP contribution in [0.15, 0.2) is 30.5 Å². The molecule has 1 atom stereocenters. The van der Waals surface area contributed by atoms with Gasteiger partial charge in [0.05, 0.1) is 11.1 Å². The van der Waals surface area contributed by atoms with Crippen LogP contribution >= 0.6 is 11.3 Å². The zero-order valence-corrected chi connectivity index (χ0v) is 20.0. The number of rotatable bonds is 5. The van der Waals surface area contributed by atoms with Crippen molar-refractivity contribution in [2.45, 2.75) is 44.7 Å². The molecule has 2 aliphatic rings. The van der Waals surface area contributed by atoms with E-state index in [1.165, 1.54) is 22.3 Å². The quantitative estimate of drug-likeness (QED) is 0.393. The minimum Gasteiger partial charge on any atom is -0.353 e. The number of anilines is 1. The van der Waals surface area contributed by atoms with E-state index in [2.05, 4.69) is 30.4 Å². The van der Waals surface area contributed by atoms with Gasteiger partial charge in [-0.1, -0.05) is 12.1 Å². The normalized spacial score (nSPS) is 17.7. The molecule has 1 aliphatic heterocycles. The largest absolute Gasteiger partial charge is 0.353 e. The minimum atomic E-state index is -0.376. The van der Waals surface area contributed by atoms with Crippen LogP contribution in [0.5, 0.6) is 0 Å². The Kier molecular flexibility index (Phi) is 5.69. The zero-order valence-electron chi connectivity index (χ0n) is 19.2. The van der Waals surface area contributed by atoms with E-state index >= 15 is 4.39 Å². The van der Waals surface area contributed by atoms with E-state index in [1.807, 2.05) is 12.1 Å². The molecule has 1 saturated heterocycles. The van der Waals surface area contributed by atoms with E-state index in [4.69, 9.17) is 5.73 Å². The average Bonchev–Trinajstić information content (AvgIpc) is 3.60. The lowest BCUT2D eigenvalue weighted by Gasteiger charge is -2.16. The molecule has 6 rings (SSSR count). The monoisotopic (exact) mass is 491 g/mol. The number of aromatic amines is 1. The van der Waals surface area contributed by atoms with Crippen molar-refractivity contribution in [2.75, 3.05) is 18.0 Å². The molecule has 1 aromatic carbocycles. The van der Waals surface area contributed by atoms with Crippen LogP contribution in [0.4, 0.5) is 10.2 Å². The second-order valence-corrected chi connectivity index (χ2v) is 10.3. The topological polar surface area (TPSA) is 113 Å². The summed E-state index contributed by atoms with van der Waals surface area (Å²) in [5.74, 6) is 0.161. The van der Waals surface area contributed by atoms with Gasteiger partial charge >= 0.3 is 0 Å². The first-order chi connectivity index (χ1) is 17.1. The van der Waals surface area contributed by atoms with Crippen LogP contribution in [-0.2, 0) is 19.4 Å². The van der Waals surface area contributed by atoms with Gasteiger partial charge in [-0.25, -0.2) is 14.4 Å². The molecular weight excluding hydrogens is 465 g/mol. The van der Waals surface area contributed by atoms with Crippen molar-refractivity contribution < 1.29 is 9.18 Å². The number of H-pyrrole nitrogens is 1. The Balaban J connectivity index is 1.23. The average molecular weight is 492 g/mol. The molecule has 4 heterocycles. The molecule has 35 heavy (non-hydrogen) atoms. The molecule has 1 aliphatic carbocycles. The SMILES string of the molecule is NC1CCN(c2n[nH]c3nccc(-c4ccc(CNC(=O)c5nc6c(s5)CCCC6)c(F)c4)c23)C1. The van der Waals surface area contributed by atoms with Crippen LogP contribution in [0.3, 0.4) is 0 Å². The summed E-state index contributed by atoms with van der Waals surface area (Å²) < 4.78 is 15.1. The number of nitrogens with one attached hydrogen (secondary N) is 2. The van der Waals surface area contributed by atoms with Crippen LogP contribution in [0.2, 0.25) is 0 Å². The van der Waals surface area contributed by atoms with E-state index in [9.17, 15) is 4.79 Å². The van der Waals surface area contributed by atoms with Gasteiger partial charge in [0, 0.05) is 42.3 Å². The van der Waals surface area contributed by atoms with E-state index < -0.39 is 0 Å². The molecular formula is C25H26FN7OS. The van der Waals surface area contributed by atoms with Crippen molar-refractivity contribution in [3.05, 3.63) is 57.4 Å². The first-order valence-corrected chi connectivity index (χ1v) is 12.8. The van der Waals surface area contributed by atoms with Gasteiger partial charge in [-0.05, 0) is 55.4 Å². The summed E-state index contributed by atoms with van der Waals surface area (Å²) in [5, 5.41) is 11.6. The molecule has 1 amide bonds. The number of fused-ring (bicyclic) bond motifs is 2. The summed E-state index contributed by atoms with van der Waals surface area (Å²) in [6, 6.07) is 7.08. The van der Waals surface area contributed by atoms with Gasteiger partial charge in [-0.15, -0.1) is 11.3 Å². The number of hydrogen-bond acceptors (Lipinski definition) is 7. The highest BCUT2D eigenvalue weighted by Gasteiger charge is 2.25. The number of aryl methyl sites for hydroxylation is 2. The Hall–Kier alpha value is -3.37. The van der Waals surface area contributed by atoms with Gasteiger partial charge in [-0.3, -0.25) is 9.89 Å². The van der Waals surface area contributed by atoms with Crippen molar-refractivity contribution in [3.63, 3.8) is 0 Å². The minimum absolute atomic E-state index is 0.101. The second kappa shape index (κ2) is 9.01. The van der Waals surface area contributed by atoms with E-state index in [0.717, 1.165) is 73.2 Å². The molecule has 1 unspecified atom stereocenters. The molecule has 4 N–H and O–H groups in total. The number of carbonyl (C=O) groups is 1. The summed E-state index contributed by atoms with van der Waals surface area (Å²) in [6.07, 6.45) is 6.77. The molecule has 1 fully saturated rings. The van der Waals surface area contributed by atoms with E-state index in [1.54, 1.807) is 12.3 Å². The second-order valence-electron chi connectivity index (χ2n) is 9.21. The number of thiazole rings is 1. The fraction of sp³-hybridized carbons (Fsp3) is 0.360. The highest BCUT2D eigenvalue weighted by atomic mass is 32.1. The molecule has 4 aromatic rings. The van der Waals surface area contributed by atoms with Gasteiger partial charge in [0.15, 0.2) is 16.5 Å². The van der Waals surface area contributed by atoms with Crippen LogP contribution in [-0.4, -0.2) is 45.2 Å². The number of hydrogen-bond donors (Lipinski definition) is 3. The third-order valence-corrected chi connectivity index (χ3v) is 7.97. The smallest absolute Gasteiger partial charge is 0.280 e. The van der Waals surface area contributed by atoms with Crippen LogP contribution < -0.4 is 16.0 Å². The van der Waals surface area contributed by atoms with Gasteiger partial charge in [-0.2, -0.15) is 5.10 Å². The molecule has 0 spiro atoms. The number of benzene rings is 1. The first-order valence-electron chi connectivity index (χ1n) is 12.0. The Morgan fingerprint density at radius 3 is 2.97 bits per heavy atom. The number of aromatic nitrogens is 4. The number of amides is 1. The maximum Gasteiger partial charge on any atom is 0.280 e. The van der Waals surface area contributed by atoms with E-state index in [-0.39, 0.29) is 24.3 Å².